The lowest BCUT2D eigenvalue weighted by molar-refractivity contribution is -0.128. The van der Waals surface area contributed by atoms with Crippen LogP contribution in [-0.2, 0) is 4.79 Å². The van der Waals surface area contributed by atoms with Crippen molar-refractivity contribution in [1.82, 2.24) is 0 Å². The van der Waals surface area contributed by atoms with Crippen LogP contribution in [0.15, 0.2) is 0 Å². The molecule has 1 fully saturated rings. The second-order valence-electron chi connectivity index (χ2n) is 2.41. The summed E-state index contributed by atoms with van der Waals surface area (Å²) in [5, 5.41) is 8.46. The molecular formula is C6H9ClN2O. The number of carbonyl (C=O) groups excluding carboxylic acids is 1. The molecular weight excluding hydrogens is 152 g/mol. The smallest absolute Gasteiger partial charge is 0.237 e. The number of halogens is 1. The minimum atomic E-state index is -0.792. The number of hydrogen-bond donors (Lipinski definition) is 1. The zero-order valence-corrected chi connectivity index (χ0v) is 6.28. The topological polar surface area (TPSA) is 66.9 Å². The highest BCUT2D eigenvalue weighted by Crippen LogP contribution is 2.39. The van der Waals surface area contributed by atoms with Gasteiger partial charge in [0.05, 0.1) is 6.07 Å². The average molecular weight is 161 g/mol. The van der Waals surface area contributed by atoms with E-state index in [9.17, 15) is 4.79 Å². The van der Waals surface area contributed by atoms with E-state index in [1.807, 2.05) is 6.07 Å². The van der Waals surface area contributed by atoms with Gasteiger partial charge in [-0.15, -0.1) is 12.4 Å². The lowest BCUT2D eigenvalue weighted by Crippen LogP contribution is -2.41. The van der Waals surface area contributed by atoms with Gasteiger partial charge in [-0.25, -0.2) is 0 Å². The van der Waals surface area contributed by atoms with Gasteiger partial charge in [-0.1, -0.05) is 0 Å². The van der Waals surface area contributed by atoms with Crippen LogP contribution in [0.3, 0.4) is 0 Å². The molecule has 1 amide bonds. The fourth-order valence-corrected chi connectivity index (χ4v) is 0.944. The largest absolute Gasteiger partial charge is 0.368 e. The van der Waals surface area contributed by atoms with E-state index in [0.29, 0.717) is 12.8 Å². The summed E-state index contributed by atoms with van der Waals surface area (Å²) in [6, 6.07) is 1.94. The Morgan fingerprint density at radius 2 is 2.10 bits per heavy atom. The molecule has 0 unspecified atom stereocenters. The summed E-state index contributed by atoms with van der Waals surface area (Å²) in [6.07, 6.45) is 2.26. The van der Waals surface area contributed by atoms with E-state index >= 15 is 0 Å². The summed E-state index contributed by atoms with van der Waals surface area (Å²) >= 11 is 0. The zero-order valence-electron chi connectivity index (χ0n) is 5.46. The van der Waals surface area contributed by atoms with E-state index in [0.717, 1.165) is 6.42 Å². The minimum Gasteiger partial charge on any atom is -0.368 e. The Morgan fingerprint density at radius 1 is 1.60 bits per heavy atom. The van der Waals surface area contributed by atoms with Crippen LogP contribution in [0.25, 0.3) is 0 Å². The summed E-state index contributed by atoms with van der Waals surface area (Å²) in [4.78, 5) is 10.5. The fourth-order valence-electron chi connectivity index (χ4n) is 0.944. The first-order valence-corrected chi connectivity index (χ1v) is 2.92. The number of rotatable bonds is 1. The van der Waals surface area contributed by atoms with Crippen LogP contribution in [0.5, 0.6) is 0 Å². The van der Waals surface area contributed by atoms with Gasteiger partial charge in [-0.2, -0.15) is 5.26 Å². The standard InChI is InChI=1S/C6H8N2O.ClH/c7-4-6(5(8)9)2-1-3-6;/h1-3H2,(H2,8,9);1H. The highest BCUT2D eigenvalue weighted by Gasteiger charge is 2.42. The van der Waals surface area contributed by atoms with Gasteiger partial charge in [0.25, 0.3) is 0 Å². The molecule has 56 valence electrons. The van der Waals surface area contributed by atoms with Crippen molar-refractivity contribution in [3.05, 3.63) is 0 Å². The number of hydrogen-bond acceptors (Lipinski definition) is 2. The van der Waals surface area contributed by atoms with Gasteiger partial charge in [0.2, 0.25) is 5.91 Å². The van der Waals surface area contributed by atoms with Gasteiger partial charge >= 0.3 is 0 Å². The number of nitriles is 1. The first kappa shape index (κ1) is 9.25. The molecule has 0 radical (unpaired) electrons. The normalized spacial score (nSPS) is 19.5. The molecule has 0 aromatic carbocycles. The van der Waals surface area contributed by atoms with E-state index < -0.39 is 11.3 Å². The molecule has 0 bridgehead atoms. The number of amides is 1. The Bertz CT molecular complexity index is 181. The third-order valence-electron chi connectivity index (χ3n) is 1.89. The molecule has 1 rings (SSSR count). The molecule has 1 aliphatic carbocycles. The predicted octanol–water partition coefficient (Wildman–Crippen LogP) is 0.587. The van der Waals surface area contributed by atoms with Crippen molar-refractivity contribution in [2.45, 2.75) is 19.3 Å². The molecule has 0 aromatic rings. The van der Waals surface area contributed by atoms with Crippen LogP contribution in [-0.4, -0.2) is 5.91 Å². The molecule has 0 saturated heterocycles. The Balaban J connectivity index is 0.000000810. The monoisotopic (exact) mass is 160 g/mol. The molecule has 0 aliphatic heterocycles. The van der Waals surface area contributed by atoms with Crippen molar-refractivity contribution >= 4 is 18.3 Å². The van der Waals surface area contributed by atoms with Crippen LogP contribution in [0, 0.1) is 16.7 Å². The SMILES string of the molecule is Cl.N#CC1(C(N)=O)CCC1. The maximum atomic E-state index is 10.5. The first-order valence-electron chi connectivity index (χ1n) is 2.92. The van der Waals surface area contributed by atoms with Gasteiger partial charge in [-0.3, -0.25) is 4.79 Å². The van der Waals surface area contributed by atoms with E-state index in [1.54, 1.807) is 0 Å². The van der Waals surface area contributed by atoms with Crippen molar-refractivity contribution in [2.24, 2.45) is 11.1 Å². The van der Waals surface area contributed by atoms with Crippen molar-refractivity contribution in [3.8, 4) is 6.07 Å². The maximum Gasteiger partial charge on any atom is 0.237 e. The third-order valence-corrected chi connectivity index (χ3v) is 1.89. The highest BCUT2D eigenvalue weighted by atomic mass is 35.5. The lowest BCUT2D eigenvalue weighted by atomic mass is 9.69. The second kappa shape index (κ2) is 2.89. The van der Waals surface area contributed by atoms with Gasteiger partial charge in [0.15, 0.2) is 0 Å². The van der Waals surface area contributed by atoms with Crippen molar-refractivity contribution < 1.29 is 4.79 Å². The quantitative estimate of drug-likeness (QED) is 0.610. The van der Waals surface area contributed by atoms with Crippen molar-refractivity contribution in [3.63, 3.8) is 0 Å². The Hall–Kier alpha value is -0.750. The Kier molecular flexibility index (Phi) is 2.67. The number of nitrogens with zero attached hydrogens (tertiary/aromatic N) is 1. The van der Waals surface area contributed by atoms with Crippen LogP contribution >= 0.6 is 12.4 Å². The summed E-state index contributed by atoms with van der Waals surface area (Å²) in [6.45, 7) is 0. The molecule has 10 heavy (non-hydrogen) atoms. The van der Waals surface area contributed by atoms with Crippen molar-refractivity contribution in [1.29, 1.82) is 5.26 Å². The van der Waals surface area contributed by atoms with Gasteiger partial charge in [-0.05, 0) is 19.3 Å². The molecule has 2 N–H and O–H groups in total. The zero-order chi connectivity index (χ0) is 6.91. The molecule has 1 aliphatic rings. The Labute approximate surface area is 65.6 Å². The molecule has 0 aromatic heterocycles. The molecule has 1 saturated carbocycles. The number of primary amides is 1. The third kappa shape index (κ3) is 1.07. The van der Waals surface area contributed by atoms with Gasteiger partial charge in [0, 0.05) is 0 Å². The average Bonchev–Trinajstić information content (AvgIpc) is 1.62. The van der Waals surface area contributed by atoms with E-state index in [-0.39, 0.29) is 12.4 Å². The van der Waals surface area contributed by atoms with Crippen LogP contribution in [0.2, 0.25) is 0 Å². The number of nitrogens with two attached hydrogens (primary N) is 1. The highest BCUT2D eigenvalue weighted by molar-refractivity contribution is 5.85. The predicted molar refractivity (Wildman–Crippen MR) is 38.3 cm³/mol. The molecule has 0 atom stereocenters. The van der Waals surface area contributed by atoms with Gasteiger partial charge < -0.3 is 5.73 Å². The van der Waals surface area contributed by atoms with E-state index in [1.165, 1.54) is 0 Å². The van der Waals surface area contributed by atoms with E-state index in [2.05, 4.69) is 0 Å². The van der Waals surface area contributed by atoms with Crippen LogP contribution in [0.1, 0.15) is 19.3 Å². The van der Waals surface area contributed by atoms with E-state index in [4.69, 9.17) is 11.0 Å². The van der Waals surface area contributed by atoms with Crippen molar-refractivity contribution in [2.75, 3.05) is 0 Å². The molecule has 3 nitrogen and oxygen atoms in total. The summed E-state index contributed by atoms with van der Waals surface area (Å²) < 4.78 is 0. The van der Waals surface area contributed by atoms with Crippen LogP contribution in [0.4, 0.5) is 0 Å². The minimum absolute atomic E-state index is 0. The second-order valence-corrected chi connectivity index (χ2v) is 2.41. The maximum absolute atomic E-state index is 10.5. The molecule has 0 heterocycles. The first-order chi connectivity index (χ1) is 4.21. The lowest BCUT2D eigenvalue weighted by Gasteiger charge is -2.31. The van der Waals surface area contributed by atoms with Gasteiger partial charge in [0.1, 0.15) is 5.41 Å². The summed E-state index contributed by atoms with van der Waals surface area (Å²) in [5.41, 5.74) is 4.19. The number of carbonyl (C=O) groups is 1. The molecule has 0 spiro atoms. The fraction of sp³-hybridized carbons (Fsp3) is 0.667. The summed E-state index contributed by atoms with van der Waals surface area (Å²) in [5.74, 6) is -0.462. The van der Waals surface area contributed by atoms with Crippen LogP contribution < -0.4 is 5.73 Å². The summed E-state index contributed by atoms with van der Waals surface area (Å²) in [7, 11) is 0. The Morgan fingerprint density at radius 3 is 2.10 bits per heavy atom. The molecule has 4 heteroatoms.